The molecule has 2 aromatic rings. The van der Waals surface area contributed by atoms with Crippen LogP contribution < -0.4 is 5.73 Å². The van der Waals surface area contributed by atoms with E-state index >= 15 is 0 Å². The summed E-state index contributed by atoms with van der Waals surface area (Å²) in [7, 11) is 0. The summed E-state index contributed by atoms with van der Waals surface area (Å²) in [6, 6.07) is 6.55. The van der Waals surface area contributed by atoms with E-state index in [0.29, 0.717) is 0 Å². The molecule has 17 heavy (non-hydrogen) atoms. The number of pyridine rings is 1. The Bertz CT molecular complexity index is 411. The predicted molar refractivity (Wildman–Crippen MR) is 73.2 cm³/mol. The molecule has 90 valence electrons. The van der Waals surface area contributed by atoms with Crippen LogP contribution in [-0.2, 0) is 12.8 Å². The van der Waals surface area contributed by atoms with Crippen LogP contribution in [0, 0.1) is 0 Å². The van der Waals surface area contributed by atoms with Crippen molar-refractivity contribution in [3.63, 3.8) is 0 Å². The summed E-state index contributed by atoms with van der Waals surface area (Å²) in [4.78, 5) is 4.11. The molecular weight excluding hydrogens is 228 g/mol. The van der Waals surface area contributed by atoms with E-state index in [1.807, 2.05) is 12.3 Å². The maximum Gasteiger partial charge on any atom is 0.0299 e. The summed E-state index contributed by atoms with van der Waals surface area (Å²) in [5.41, 5.74) is 8.81. The van der Waals surface area contributed by atoms with Crippen LogP contribution in [0.3, 0.4) is 0 Å². The van der Waals surface area contributed by atoms with Crippen molar-refractivity contribution in [1.29, 1.82) is 0 Å². The quantitative estimate of drug-likeness (QED) is 0.851. The molecule has 0 fully saturated rings. The van der Waals surface area contributed by atoms with Gasteiger partial charge in [0.05, 0.1) is 0 Å². The number of thiophene rings is 1. The predicted octanol–water partition coefficient (Wildman–Crippen LogP) is 3.04. The Hall–Kier alpha value is -1.19. The third kappa shape index (κ3) is 4.29. The van der Waals surface area contributed by atoms with Crippen molar-refractivity contribution < 1.29 is 0 Å². The highest BCUT2D eigenvalue weighted by Gasteiger charge is 2.04. The molecule has 1 atom stereocenters. The summed E-state index contributed by atoms with van der Waals surface area (Å²) >= 11 is 1.75. The van der Waals surface area contributed by atoms with Gasteiger partial charge in [0.15, 0.2) is 0 Å². The largest absolute Gasteiger partial charge is 0.328 e. The second-order valence-electron chi connectivity index (χ2n) is 4.33. The zero-order valence-corrected chi connectivity index (χ0v) is 10.7. The standard InChI is InChI=1S/C14H18N2S/c15-14(6-4-13-7-9-17-11-13)5-3-12-2-1-8-16-10-12/h1-2,7-11,14H,3-6,15H2. The first-order valence-electron chi connectivity index (χ1n) is 6.00. The van der Waals surface area contributed by atoms with E-state index in [0.717, 1.165) is 25.7 Å². The lowest BCUT2D eigenvalue weighted by atomic mass is 10.0. The number of hydrogen-bond donors (Lipinski definition) is 1. The normalized spacial score (nSPS) is 12.5. The zero-order valence-electron chi connectivity index (χ0n) is 9.88. The van der Waals surface area contributed by atoms with E-state index in [2.05, 4.69) is 27.9 Å². The van der Waals surface area contributed by atoms with Crippen molar-refractivity contribution >= 4 is 11.3 Å². The van der Waals surface area contributed by atoms with Gasteiger partial charge < -0.3 is 5.73 Å². The molecule has 0 radical (unpaired) electrons. The van der Waals surface area contributed by atoms with Crippen LogP contribution in [0.5, 0.6) is 0 Å². The molecular formula is C14H18N2S. The van der Waals surface area contributed by atoms with Gasteiger partial charge in [-0.05, 0) is 59.7 Å². The molecule has 0 aromatic carbocycles. The van der Waals surface area contributed by atoms with Gasteiger partial charge in [0.25, 0.3) is 0 Å². The summed E-state index contributed by atoms with van der Waals surface area (Å²) in [6.45, 7) is 0. The molecule has 0 saturated carbocycles. The van der Waals surface area contributed by atoms with Crippen LogP contribution in [0.15, 0.2) is 41.4 Å². The molecule has 1 unspecified atom stereocenters. The fourth-order valence-corrected chi connectivity index (χ4v) is 2.53. The van der Waals surface area contributed by atoms with Crippen LogP contribution in [0.2, 0.25) is 0 Å². The van der Waals surface area contributed by atoms with E-state index in [-0.39, 0.29) is 6.04 Å². The molecule has 0 aliphatic heterocycles. The van der Waals surface area contributed by atoms with Gasteiger partial charge in [-0.3, -0.25) is 4.98 Å². The van der Waals surface area contributed by atoms with Crippen LogP contribution in [0.4, 0.5) is 0 Å². The third-order valence-corrected chi connectivity index (χ3v) is 3.64. The summed E-state index contributed by atoms with van der Waals surface area (Å²) in [5.74, 6) is 0. The minimum atomic E-state index is 0.287. The third-order valence-electron chi connectivity index (χ3n) is 2.91. The van der Waals surface area contributed by atoms with Crippen molar-refractivity contribution in [2.75, 3.05) is 0 Å². The highest BCUT2D eigenvalue weighted by Crippen LogP contribution is 2.11. The number of aryl methyl sites for hydroxylation is 2. The van der Waals surface area contributed by atoms with Crippen molar-refractivity contribution in [3.05, 3.63) is 52.5 Å². The van der Waals surface area contributed by atoms with Crippen molar-refractivity contribution in [3.8, 4) is 0 Å². The van der Waals surface area contributed by atoms with Gasteiger partial charge in [-0.25, -0.2) is 0 Å². The second-order valence-corrected chi connectivity index (χ2v) is 5.11. The molecule has 2 heterocycles. The topological polar surface area (TPSA) is 38.9 Å². The Morgan fingerprint density at radius 2 is 2.00 bits per heavy atom. The fraction of sp³-hybridized carbons (Fsp3) is 0.357. The number of aromatic nitrogens is 1. The van der Waals surface area contributed by atoms with Gasteiger partial charge in [-0.1, -0.05) is 6.07 Å². The second kappa shape index (κ2) is 6.52. The van der Waals surface area contributed by atoms with Crippen LogP contribution in [0.25, 0.3) is 0 Å². The van der Waals surface area contributed by atoms with E-state index in [1.54, 1.807) is 17.5 Å². The first-order valence-corrected chi connectivity index (χ1v) is 6.94. The lowest BCUT2D eigenvalue weighted by molar-refractivity contribution is 0.568. The van der Waals surface area contributed by atoms with E-state index < -0.39 is 0 Å². The van der Waals surface area contributed by atoms with E-state index in [4.69, 9.17) is 5.73 Å². The van der Waals surface area contributed by atoms with Gasteiger partial charge in [0, 0.05) is 18.4 Å². The molecule has 2 aromatic heterocycles. The number of nitrogens with two attached hydrogens (primary N) is 1. The summed E-state index contributed by atoms with van der Waals surface area (Å²) in [6.07, 6.45) is 7.95. The van der Waals surface area contributed by atoms with Gasteiger partial charge in [-0.15, -0.1) is 0 Å². The average Bonchev–Trinajstić information content (AvgIpc) is 2.88. The monoisotopic (exact) mass is 246 g/mol. The number of rotatable bonds is 6. The maximum absolute atomic E-state index is 6.12. The molecule has 0 spiro atoms. The van der Waals surface area contributed by atoms with Crippen LogP contribution in [-0.4, -0.2) is 11.0 Å². The summed E-state index contributed by atoms with van der Waals surface area (Å²) in [5, 5.41) is 4.32. The first-order chi connectivity index (χ1) is 8.34. The minimum absolute atomic E-state index is 0.287. The minimum Gasteiger partial charge on any atom is -0.328 e. The van der Waals surface area contributed by atoms with Gasteiger partial charge in [0.1, 0.15) is 0 Å². The van der Waals surface area contributed by atoms with Crippen molar-refractivity contribution in [2.24, 2.45) is 5.73 Å². The zero-order chi connectivity index (χ0) is 11.9. The Labute approximate surface area is 107 Å². The highest BCUT2D eigenvalue weighted by molar-refractivity contribution is 7.07. The molecule has 0 aliphatic carbocycles. The maximum atomic E-state index is 6.12. The smallest absolute Gasteiger partial charge is 0.0299 e. The highest BCUT2D eigenvalue weighted by atomic mass is 32.1. The van der Waals surface area contributed by atoms with Crippen LogP contribution >= 0.6 is 11.3 Å². The van der Waals surface area contributed by atoms with E-state index in [1.165, 1.54) is 11.1 Å². The Kier molecular flexibility index (Phi) is 4.71. The number of hydrogen-bond acceptors (Lipinski definition) is 3. The molecule has 2 nitrogen and oxygen atoms in total. The van der Waals surface area contributed by atoms with Gasteiger partial charge >= 0.3 is 0 Å². The first kappa shape index (κ1) is 12.3. The lowest BCUT2D eigenvalue weighted by Crippen LogP contribution is -2.21. The average molecular weight is 246 g/mol. The van der Waals surface area contributed by atoms with Crippen molar-refractivity contribution in [1.82, 2.24) is 4.98 Å². The molecule has 0 saturated heterocycles. The van der Waals surface area contributed by atoms with Gasteiger partial charge in [-0.2, -0.15) is 11.3 Å². The van der Waals surface area contributed by atoms with Crippen molar-refractivity contribution in [2.45, 2.75) is 31.7 Å². The molecule has 2 rings (SSSR count). The Morgan fingerprint density at radius 1 is 1.18 bits per heavy atom. The fourth-order valence-electron chi connectivity index (χ4n) is 1.83. The molecule has 2 N–H and O–H groups in total. The van der Waals surface area contributed by atoms with Gasteiger partial charge in [0.2, 0.25) is 0 Å². The molecule has 0 amide bonds. The number of nitrogens with zero attached hydrogens (tertiary/aromatic N) is 1. The SMILES string of the molecule is NC(CCc1cccnc1)CCc1ccsc1. The summed E-state index contributed by atoms with van der Waals surface area (Å²) < 4.78 is 0. The Balaban J connectivity index is 1.69. The molecule has 0 aliphatic rings. The molecule has 3 heteroatoms. The van der Waals surface area contributed by atoms with Crippen LogP contribution in [0.1, 0.15) is 24.0 Å². The van der Waals surface area contributed by atoms with E-state index in [9.17, 15) is 0 Å². The Morgan fingerprint density at radius 3 is 2.65 bits per heavy atom. The lowest BCUT2D eigenvalue weighted by Gasteiger charge is -2.10. The molecule has 0 bridgehead atoms.